The predicted molar refractivity (Wildman–Crippen MR) is 66.9 cm³/mol. The van der Waals surface area contributed by atoms with Gasteiger partial charge in [0.2, 0.25) is 5.43 Å². The van der Waals surface area contributed by atoms with Gasteiger partial charge in [0.1, 0.15) is 0 Å². The average Bonchev–Trinajstić information content (AvgIpc) is 2.29. The van der Waals surface area contributed by atoms with Crippen molar-refractivity contribution in [1.29, 1.82) is 0 Å². The van der Waals surface area contributed by atoms with Crippen molar-refractivity contribution < 1.29 is 0 Å². The summed E-state index contributed by atoms with van der Waals surface area (Å²) in [4.78, 5) is 12.0. The van der Waals surface area contributed by atoms with E-state index >= 15 is 0 Å². The highest BCUT2D eigenvalue weighted by atomic mass is 32.1. The van der Waals surface area contributed by atoms with Crippen molar-refractivity contribution in [3.8, 4) is 0 Å². The van der Waals surface area contributed by atoms with Crippen molar-refractivity contribution in [2.75, 3.05) is 11.9 Å². The molecule has 0 aliphatic rings. The Kier molecular flexibility index (Phi) is 3.02. The van der Waals surface area contributed by atoms with Crippen molar-refractivity contribution in [1.82, 2.24) is 0 Å². The first-order chi connectivity index (χ1) is 7.33. The molecule has 0 atom stereocenters. The maximum absolute atomic E-state index is 12.0. The third kappa shape index (κ3) is 2.02. The van der Waals surface area contributed by atoms with Crippen LogP contribution in [0.1, 0.15) is 13.3 Å². The van der Waals surface area contributed by atoms with E-state index in [0.29, 0.717) is 0 Å². The Morgan fingerprint density at radius 1 is 1.33 bits per heavy atom. The number of fused-ring (bicyclic) bond motifs is 1. The summed E-state index contributed by atoms with van der Waals surface area (Å²) in [5, 5.41) is 5.86. The molecular weight excluding hydrogens is 206 g/mol. The molecule has 0 fully saturated rings. The molecule has 0 aliphatic carbocycles. The van der Waals surface area contributed by atoms with Gasteiger partial charge in [0.25, 0.3) is 0 Å². The lowest BCUT2D eigenvalue weighted by Crippen LogP contribution is -2.11. The summed E-state index contributed by atoms with van der Waals surface area (Å²) < 4.78 is 1.05. The number of benzene rings is 1. The molecule has 1 aromatic carbocycles. The molecule has 0 saturated heterocycles. The van der Waals surface area contributed by atoms with E-state index in [1.54, 1.807) is 11.3 Å². The van der Waals surface area contributed by atoms with Gasteiger partial charge in [-0.05, 0) is 18.6 Å². The minimum Gasteiger partial charge on any atom is -0.381 e. The van der Waals surface area contributed by atoms with Crippen molar-refractivity contribution in [3.63, 3.8) is 0 Å². The maximum Gasteiger partial charge on any atom is 0.211 e. The van der Waals surface area contributed by atoms with Crippen LogP contribution in [0.15, 0.2) is 34.4 Å². The summed E-state index contributed by atoms with van der Waals surface area (Å²) in [6.07, 6.45) is 1.02. The van der Waals surface area contributed by atoms with Crippen LogP contribution < -0.4 is 10.7 Å². The highest BCUT2D eigenvalue weighted by molar-refractivity contribution is 7.16. The first kappa shape index (κ1) is 10.2. The molecule has 2 aromatic rings. The van der Waals surface area contributed by atoms with E-state index < -0.39 is 0 Å². The zero-order valence-electron chi connectivity index (χ0n) is 8.62. The standard InChI is InChI=1S/C12H13NOS/c1-2-7-13-10-8-15-11-6-4-3-5-9(11)12(10)14/h3-6,8,13H,2,7H2,1H3. The molecule has 0 radical (unpaired) electrons. The first-order valence-electron chi connectivity index (χ1n) is 5.07. The lowest BCUT2D eigenvalue weighted by atomic mass is 10.2. The molecule has 1 heterocycles. The molecule has 78 valence electrons. The Labute approximate surface area is 92.6 Å². The van der Waals surface area contributed by atoms with Crippen LogP contribution in [0.25, 0.3) is 10.1 Å². The second kappa shape index (κ2) is 4.45. The van der Waals surface area contributed by atoms with Crippen molar-refractivity contribution in [2.45, 2.75) is 13.3 Å². The van der Waals surface area contributed by atoms with Crippen LogP contribution in [0.5, 0.6) is 0 Å². The van der Waals surface area contributed by atoms with Gasteiger partial charge < -0.3 is 5.32 Å². The molecule has 0 bridgehead atoms. The van der Waals surface area contributed by atoms with Crippen LogP contribution >= 0.6 is 11.3 Å². The van der Waals surface area contributed by atoms with Crippen LogP contribution in [0.3, 0.4) is 0 Å². The number of rotatable bonds is 3. The molecule has 0 saturated carbocycles. The first-order valence-corrected chi connectivity index (χ1v) is 5.95. The van der Waals surface area contributed by atoms with Crippen molar-refractivity contribution in [2.24, 2.45) is 0 Å². The van der Waals surface area contributed by atoms with Gasteiger partial charge in [0, 0.05) is 22.0 Å². The van der Waals surface area contributed by atoms with Gasteiger partial charge in [-0.15, -0.1) is 11.3 Å². The zero-order valence-corrected chi connectivity index (χ0v) is 9.43. The summed E-state index contributed by atoms with van der Waals surface area (Å²) in [5.74, 6) is 0. The van der Waals surface area contributed by atoms with Crippen molar-refractivity contribution in [3.05, 3.63) is 39.9 Å². The molecule has 1 N–H and O–H groups in total. The van der Waals surface area contributed by atoms with Gasteiger partial charge in [-0.3, -0.25) is 4.79 Å². The number of hydrogen-bond acceptors (Lipinski definition) is 3. The van der Waals surface area contributed by atoms with E-state index in [9.17, 15) is 4.79 Å². The Hall–Kier alpha value is -1.35. The number of hydrogen-bond donors (Lipinski definition) is 1. The Bertz CT molecular complexity index is 518. The SMILES string of the molecule is CCCNc1csc2ccccc2c1=O. The molecule has 2 rings (SSSR count). The fraction of sp³-hybridized carbons (Fsp3) is 0.250. The summed E-state index contributed by atoms with van der Waals surface area (Å²) in [7, 11) is 0. The van der Waals surface area contributed by atoms with E-state index in [2.05, 4.69) is 12.2 Å². The van der Waals surface area contributed by atoms with Crippen LogP contribution in [0.2, 0.25) is 0 Å². The van der Waals surface area contributed by atoms with Gasteiger partial charge in [0.05, 0.1) is 5.69 Å². The molecule has 1 aromatic heterocycles. The highest BCUT2D eigenvalue weighted by Crippen LogP contribution is 2.18. The van der Waals surface area contributed by atoms with Gasteiger partial charge in [-0.1, -0.05) is 19.1 Å². The van der Waals surface area contributed by atoms with Gasteiger partial charge in [-0.25, -0.2) is 0 Å². The topological polar surface area (TPSA) is 29.1 Å². The van der Waals surface area contributed by atoms with Gasteiger partial charge >= 0.3 is 0 Å². The van der Waals surface area contributed by atoms with E-state index in [1.165, 1.54) is 0 Å². The quantitative estimate of drug-likeness (QED) is 0.859. The second-order valence-electron chi connectivity index (χ2n) is 3.40. The zero-order chi connectivity index (χ0) is 10.7. The number of nitrogens with one attached hydrogen (secondary N) is 1. The summed E-state index contributed by atoms with van der Waals surface area (Å²) in [6, 6.07) is 7.72. The fourth-order valence-corrected chi connectivity index (χ4v) is 2.34. The monoisotopic (exact) mass is 219 g/mol. The third-order valence-corrected chi connectivity index (χ3v) is 3.21. The molecule has 3 heteroatoms. The average molecular weight is 219 g/mol. The lowest BCUT2D eigenvalue weighted by molar-refractivity contribution is 0.979. The summed E-state index contributed by atoms with van der Waals surface area (Å²) >= 11 is 1.61. The van der Waals surface area contributed by atoms with E-state index in [1.807, 2.05) is 29.6 Å². The van der Waals surface area contributed by atoms with E-state index in [-0.39, 0.29) is 5.43 Å². The lowest BCUT2D eigenvalue weighted by Gasteiger charge is -2.03. The predicted octanol–water partition coefficient (Wildman–Crippen LogP) is 3.08. The maximum atomic E-state index is 12.0. The molecule has 2 nitrogen and oxygen atoms in total. The number of anilines is 1. The Morgan fingerprint density at radius 3 is 2.93 bits per heavy atom. The van der Waals surface area contributed by atoms with Crippen LogP contribution in [0, 0.1) is 0 Å². The smallest absolute Gasteiger partial charge is 0.211 e. The largest absolute Gasteiger partial charge is 0.381 e. The molecule has 0 spiro atoms. The molecule has 0 amide bonds. The Balaban J connectivity index is 2.51. The molecule has 0 aliphatic heterocycles. The molecule has 0 unspecified atom stereocenters. The normalized spacial score (nSPS) is 10.5. The molecule has 15 heavy (non-hydrogen) atoms. The van der Waals surface area contributed by atoms with E-state index in [4.69, 9.17) is 0 Å². The fourth-order valence-electron chi connectivity index (χ4n) is 1.46. The Morgan fingerprint density at radius 2 is 2.13 bits per heavy atom. The van der Waals surface area contributed by atoms with Crippen molar-refractivity contribution >= 4 is 27.1 Å². The van der Waals surface area contributed by atoms with E-state index in [0.717, 1.165) is 28.7 Å². The molecular formula is C12H13NOS. The minimum absolute atomic E-state index is 0.109. The summed E-state index contributed by atoms with van der Waals surface area (Å²) in [5.41, 5.74) is 0.832. The minimum atomic E-state index is 0.109. The van der Waals surface area contributed by atoms with Crippen LogP contribution in [0.4, 0.5) is 5.69 Å². The third-order valence-electron chi connectivity index (χ3n) is 2.25. The van der Waals surface area contributed by atoms with Gasteiger partial charge in [-0.2, -0.15) is 0 Å². The highest BCUT2D eigenvalue weighted by Gasteiger charge is 2.03. The second-order valence-corrected chi connectivity index (χ2v) is 4.31. The van der Waals surface area contributed by atoms with Crippen LogP contribution in [-0.2, 0) is 0 Å². The van der Waals surface area contributed by atoms with Gasteiger partial charge in [0.15, 0.2) is 0 Å². The summed E-state index contributed by atoms with van der Waals surface area (Å²) in [6.45, 7) is 2.93. The van der Waals surface area contributed by atoms with Crippen LogP contribution in [-0.4, -0.2) is 6.54 Å².